The maximum absolute atomic E-state index is 13.7. The average Bonchev–Trinajstić information content (AvgIpc) is 3.33. The van der Waals surface area contributed by atoms with Crippen LogP contribution < -0.4 is 14.8 Å². The van der Waals surface area contributed by atoms with E-state index < -0.39 is 6.04 Å². The Labute approximate surface area is 220 Å². The summed E-state index contributed by atoms with van der Waals surface area (Å²) in [6.45, 7) is 4.40. The molecule has 36 heavy (non-hydrogen) atoms. The molecule has 4 rings (SSSR count). The van der Waals surface area contributed by atoms with Gasteiger partial charge in [-0.15, -0.1) is 0 Å². The number of halogens is 1. The van der Waals surface area contributed by atoms with Gasteiger partial charge in [0.1, 0.15) is 6.04 Å². The summed E-state index contributed by atoms with van der Waals surface area (Å²) in [4.78, 5) is 28.9. The Balaban J connectivity index is 1.59. The van der Waals surface area contributed by atoms with Crippen LogP contribution >= 0.6 is 15.9 Å². The van der Waals surface area contributed by atoms with Crippen LogP contribution in [0.5, 0.6) is 11.5 Å². The van der Waals surface area contributed by atoms with Crippen molar-refractivity contribution < 1.29 is 19.1 Å². The zero-order valence-corrected chi connectivity index (χ0v) is 22.2. The summed E-state index contributed by atoms with van der Waals surface area (Å²) >= 11 is 3.52. The van der Waals surface area contributed by atoms with E-state index in [1.807, 2.05) is 86.6 Å². The second-order valence-corrected chi connectivity index (χ2v) is 10.1. The molecule has 3 aromatic carbocycles. The maximum atomic E-state index is 13.7. The number of rotatable bonds is 10. The van der Waals surface area contributed by atoms with Crippen LogP contribution in [0.4, 0.5) is 0 Å². The quantitative estimate of drug-likeness (QED) is 0.373. The highest BCUT2D eigenvalue weighted by Crippen LogP contribution is 2.33. The highest BCUT2D eigenvalue weighted by atomic mass is 79.9. The molecule has 1 atom stereocenters. The van der Waals surface area contributed by atoms with E-state index >= 15 is 0 Å². The minimum atomic E-state index is -0.641. The standard InChI is InChI=1S/C29H31BrN2O4/c1-20(2)31-29(34)25(16-21-7-4-3-5-8-21)32(18-23-9-6-10-24(30)15-23)28(33)14-12-22-11-13-26-27(17-22)36-19-35-26/h3-11,13,15,17,20,25H,12,14,16,18-19H2,1-2H3,(H,31,34)/t25-/m0/s1. The Hall–Kier alpha value is -3.32. The third kappa shape index (κ3) is 6.88. The van der Waals surface area contributed by atoms with Crippen LogP contribution in [-0.4, -0.2) is 35.6 Å². The first-order valence-corrected chi connectivity index (χ1v) is 12.9. The summed E-state index contributed by atoms with van der Waals surface area (Å²) in [7, 11) is 0. The van der Waals surface area contributed by atoms with Gasteiger partial charge in [-0.1, -0.05) is 64.5 Å². The third-order valence-corrected chi connectivity index (χ3v) is 6.50. The van der Waals surface area contributed by atoms with E-state index in [0.717, 1.165) is 26.9 Å². The molecule has 0 bridgehead atoms. The van der Waals surface area contributed by atoms with Crippen LogP contribution in [0.15, 0.2) is 77.3 Å². The number of carbonyl (C=O) groups excluding carboxylic acids is 2. The van der Waals surface area contributed by atoms with Crippen molar-refractivity contribution in [1.29, 1.82) is 0 Å². The minimum Gasteiger partial charge on any atom is -0.454 e. The molecular weight excluding hydrogens is 520 g/mol. The molecule has 0 saturated heterocycles. The van der Waals surface area contributed by atoms with Crippen molar-refractivity contribution in [2.24, 2.45) is 0 Å². The summed E-state index contributed by atoms with van der Waals surface area (Å²) < 4.78 is 11.8. The van der Waals surface area contributed by atoms with E-state index in [9.17, 15) is 9.59 Å². The fourth-order valence-electron chi connectivity index (χ4n) is 4.26. The van der Waals surface area contributed by atoms with Gasteiger partial charge in [-0.2, -0.15) is 0 Å². The van der Waals surface area contributed by atoms with Crippen LogP contribution in [0.3, 0.4) is 0 Å². The molecule has 7 heteroatoms. The Morgan fingerprint density at radius 3 is 2.42 bits per heavy atom. The lowest BCUT2D eigenvalue weighted by atomic mass is 10.0. The molecule has 1 heterocycles. The molecule has 0 aromatic heterocycles. The van der Waals surface area contributed by atoms with Crippen molar-refractivity contribution in [2.75, 3.05) is 6.79 Å². The van der Waals surface area contributed by atoms with Crippen molar-refractivity contribution in [3.05, 3.63) is 94.0 Å². The fraction of sp³-hybridized carbons (Fsp3) is 0.310. The lowest BCUT2D eigenvalue weighted by molar-refractivity contribution is -0.141. The van der Waals surface area contributed by atoms with Crippen molar-refractivity contribution in [3.8, 4) is 11.5 Å². The number of amides is 2. The fourth-order valence-corrected chi connectivity index (χ4v) is 4.70. The molecule has 0 radical (unpaired) electrons. The Morgan fingerprint density at radius 2 is 1.67 bits per heavy atom. The van der Waals surface area contributed by atoms with E-state index in [1.54, 1.807) is 4.90 Å². The van der Waals surface area contributed by atoms with E-state index in [1.165, 1.54) is 0 Å². The summed E-state index contributed by atoms with van der Waals surface area (Å²) in [5.74, 6) is 1.19. The highest BCUT2D eigenvalue weighted by Gasteiger charge is 2.30. The molecule has 0 unspecified atom stereocenters. The number of nitrogens with one attached hydrogen (secondary N) is 1. The topological polar surface area (TPSA) is 67.9 Å². The first-order valence-electron chi connectivity index (χ1n) is 12.2. The second-order valence-electron chi connectivity index (χ2n) is 9.21. The monoisotopic (exact) mass is 550 g/mol. The zero-order chi connectivity index (χ0) is 25.5. The predicted octanol–water partition coefficient (Wildman–Crippen LogP) is 5.28. The average molecular weight is 551 g/mol. The van der Waals surface area contributed by atoms with Crippen molar-refractivity contribution in [3.63, 3.8) is 0 Å². The molecule has 0 saturated carbocycles. The van der Waals surface area contributed by atoms with Gasteiger partial charge in [-0.25, -0.2) is 0 Å². The lowest BCUT2D eigenvalue weighted by Gasteiger charge is -2.32. The molecule has 6 nitrogen and oxygen atoms in total. The van der Waals surface area contributed by atoms with Crippen LogP contribution in [0, 0.1) is 0 Å². The SMILES string of the molecule is CC(C)NC(=O)[C@H](Cc1ccccc1)N(Cc1cccc(Br)c1)C(=O)CCc1ccc2c(c1)OCO2. The third-order valence-electron chi connectivity index (χ3n) is 6.01. The van der Waals surface area contributed by atoms with Gasteiger partial charge in [0.25, 0.3) is 0 Å². The normalized spacial score (nSPS) is 12.9. The molecule has 0 fully saturated rings. The Morgan fingerprint density at radius 1 is 0.917 bits per heavy atom. The first kappa shape index (κ1) is 25.8. The smallest absolute Gasteiger partial charge is 0.243 e. The number of nitrogens with zero attached hydrogens (tertiary/aromatic N) is 1. The van der Waals surface area contributed by atoms with Gasteiger partial charge in [0, 0.05) is 29.9 Å². The van der Waals surface area contributed by atoms with Crippen molar-refractivity contribution in [2.45, 2.75) is 51.7 Å². The number of fused-ring (bicyclic) bond motifs is 1. The number of aryl methyl sites for hydroxylation is 1. The van der Waals surface area contributed by atoms with Gasteiger partial charge in [-0.05, 0) is 61.2 Å². The summed E-state index contributed by atoms with van der Waals surface area (Å²) in [5.41, 5.74) is 2.95. The number of hydrogen-bond donors (Lipinski definition) is 1. The molecule has 188 valence electrons. The number of carbonyl (C=O) groups is 2. The molecule has 0 spiro atoms. The van der Waals surface area contributed by atoms with Gasteiger partial charge < -0.3 is 19.7 Å². The maximum Gasteiger partial charge on any atom is 0.243 e. The van der Waals surface area contributed by atoms with Gasteiger partial charge in [0.05, 0.1) is 0 Å². The summed E-state index contributed by atoms with van der Waals surface area (Å²) in [5, 5.41) is 3.03. The van der Waals surface area contributed by atoms with Gasteiger partial charge >= 0.3 is 0 Å². The predicted molar refractivity (Wildman–Crippen MR) is 143 cm³/mol. The van der Waals surface area contributed by atoms with E-state index in [0.29, 0.717) is 25.1 Å². The second kappa shape index (κ2) is 12.1. The number of hydrogen-bond acceptors (Lipinski definition) is 4. The van der Waals surface area contributed by atoms with Crippen molar-refractivity contribution in [1.82, 2.24) is 10.2 Å². The van der Waals surface area contributed by atoms with Crippen LogP contribution in [0.1, 0.15) is 37.0 Å². The Kier molecular flexibility index (Phi) is 8.65. The molecule has 3 aromatic rings. The van der Waals surface area contributed by atoms with E-state index in [2.05, 4.69) is 21.2 Å². The Bertz CT molecular complexity index is 1200. The number of ether oxygens (including phenoxy) is 2. The van der Waals surface area contributed by atoms with Gasteiger partial charge in [0.2, 0.25) is 18.6 Å². The van der Waals surface area contributed by atoms with Crippen molar-refractivity contribution >= 4 is 27.7 Å². The molecular formula is C29H31BrN2O4. The summed E-state index contributed by atoms with van der Waals surface area (Å²) in [6.07, 6.45) is 1.24. The molecule has 1 N–H and O–H groups in total. The minimum absolute atomic E-state index is 0.0350. The molecule has 2 amide bonds. The van der Waals surface area contributed by atoms with E-state index in [4.69, 9.17) is 9.47 Å². The first-order chi connectivity index (χ1) is 17.4. The van der Waals surface area contributed by atoms with Crippen LogP contribution in [0.2, 0.25) is 0 Å². The molecule has 0 aliphatic carbocycles. The summed E-state index contributed by atoms with van der Waals surface area (Å²) in [6, 6.07) is 22.7. The van der Waals surface area contributed by atoms with E-state index in [-0.39, 0.29) is 31.1 Å². The molecule has 1 aliphatic rings. The number of benzene rings is 3. The molecule has 1 aliphatic heterocycles. The highest BCUT2D eigenvalue weighted by molar-refractivity contribution is 9.10. The lowest BCUT2D eigenvalue weighted by Crippen LogP contribution is -2.51. The van der Waals surface area contributed by atoms with Gasteiger partial charge in [0.15, 0.2) is 11.5 Å². The van der Waals surface area contributed by atoms with Crippen LogP contribution in [0.25, 0.3) is 0 Å². The zero-order valence-electron chi connectivity index (χ0n) is 20.6. The largest absolute Gasteiger partial charge is 0.454 e. The van der Waals surface area contributed by atoms with Gasteiger partial charge in [-0.3, -0.25) is 9.59 Å². The van der Waals surface area contributed by atoms with Crippen LogP contribution in [-0.2, 0) is 29.0 Å².